The SMILES string of the molecule is COc1cc([N+](=O)[O-])ccc1COC(=O)N(C)CCNC(=O)C(F)(F)F. The van der Waals surface area contributed by atoms with Crippen LogP contribution in [0.1, 0.15) is 5.56 Å². The molecule has 144 valence electrons. The monoisotopic (exact) mass is 379 g/mol. The third-order valence-electron chi connectivity index (χ3n) is 3.13. The predicted molar refractivity (Wildman–Crippen MR) is 81.5 cm³/mol. The van der Waals surface area contributed by atoms with Crippen LogP contribution < -0.4 is 10.1 Å². The molecule has 2 amide bonds. The van der Waals surface area contributed by atoms with E-state index >= 15 is 0 Å². The van der Waals surface area contributed by atoms with E-state index in [4.69, 9.17) is 9.47 Å². The Morgan fingerprint density at radius 1 is 1.35 bits per heavy atom. The first-order chi connectivity index (χ1) is 12.1. The zero-order valence-corrected chi connectivity index (χ0v) is 13.8. The molecule has 0 aliphatic carbocycles. The third kappa shape index (κ3) is 6.11. The molecule has 1 aromatic carbocycles. The fraction of sp³-hybridized carbons (Fsp3) is 0.429. The van der Waals surface area contributed by atoms with E-state index in [1.807, 2.05) is 0 Å². The predicted octanol–water partition coefficient (Wildman–Crippen LogP) is 1.85. The number of nitro groups is 1. The molecule has 0 radical (unpaired) electrons. The van der Waals surface area contributed by atoms with Gasteiger partial charge in [-0.3, -0.25) is 14.9 Å². The van der Waals surface area contributed by atoms with Crippen LogP contribution in [0.25, 0.3) is 0 Å². The number of carbonyl (C=O) groups is 2. The lowest BCUT2D eigenvalue weighted by atomic mass is 10.2. The number of ether oxygens (including phenoxy) is 2. The van der Waals surface area contributed by atoms with Gasteiger partial charge in [0.15, 0.2) is 0 Å². The summed E-state index contributed by atoms with van der Waals surface area (Å²) in [7, 11) is 2.56. The van der Waals surface area contributed by atoms with E-state index in [1.165, 1.54) is 32.4 Å². The molecule has 0 atom stereocenters. The number of methoxy groups -OCH3 is 1. The maximum Gasteiger partial charge on any atom is 0.471 e. The van der Waals surface area contributed by atoms with Crippen molar-refractivity contribution < 1.29 is 37.2 Å². The average Bonchev–Trinajstić information content (AvgIpc) is 2.58. The van der Waals surface area contributed by atoms with Gasteiger partial charge in [-0.25, -0.2) is 4.79 Å². The standard InChI is InChI=1S/C14H16F3N3O6/c1-19(6-5-18-12(21)14(15,16)17)13(22)26-8-9-3-4-10(20(23)24)7-11(9)25-2/h3-4,7H,5-6,8H2,1-2H3,(H,18,21). The van der Waals surface area contributed by atoms with Gasteiger partial charge in [0.25, 0.3) is 5.69 Å². The second-order valence-electron chi connectivity index (χ2n) is 4.98. The lowest BCUT2D eigenvalue weighted by molar-refractivity contribution is -0.384. The molecule has 0 saturated carbocycles. The Morgan fingerprint density at radius 3 is 2.54 bits per heavy atom. The number of likely N-dealkylation sites (N-methyl/N-ethyl adjacent to an activating group) is 1. The number of nitrogens with zero attached hydrogens (tertiary/aromatic N) is 2. The molecular weight excluding hydrogens is 363 g/mol. The van der Waals surface area contributed by atoms with Gasteiger partial charge in [-0.15, -0.1) is 0 Å². The van der Waals surface area contributed by atoms with E-state index in [0.717, 1.165) is 4.90 Å². The molecule has 0 heterocycles. The van der Waals surface area contributed by atoms with Crippen LogP contribution in [0.15, 0.2) is 18.2 Å². The number of hydrogen-bond acceptors (Lipinski definition) is 6. The summed E-state index contributed by atoms with van der Waals surface area (Å²) in [6.07, 6.45) is -5.85. The number of non-ortho nitro benzene ring substituents is 1. The number of amides is 2. The van der Waals surface area contributed by atoms with Crippen molar-refractivity contribution in [3.8, 4) is 5.75 Å². The van der Waals surface area contributed by atoms with Gasteiger partial charge in [0.05, 0.1) is 18.1 Å². The zero-order chi connectivity index (χ0) is 19.9. The lowest BCUT2D eigenvalue weighted by Gasteiger charge is -2.18. The number of nitro benzene ring substituents is 1. The number of hydrogen-bond donors (Lipinski definition) is 1. The normalized spacial score (nSPS) is 10.8. The summed E-state index contributed by atoms with van der Waals surface area (Å²) in [6.45, 7) is -0.887. The molecule has 0 aliphatic heterocycles. The van der Waals surface area contributed by atoms with Crippen molar-refractivity contribution in [1.82, 2.24) is 10.2 Å². The molecule has 0 fully saturated rings. The average molecular weight is 379 g/mol. The maximum absolute atomic E-state index is 12.0. The largest absolute Gasteiger partial charge is 0.496 e. The van der Waals surface area contributed by atoms with Crippen molar-refractivity contribution in [3.05, 3.63) is 33.9 Å². The Bertz CT molecular complexity index is 680. The molecule has 0 unspecified atom stereocenters. The van der Waals surface area contributed by atoms with Crippen molar-refractivity contribution in [2.75, 3.05) is 27.2 Å². The Balaban J connectivity index is 2.53. The van der Waals surface area contributed by atoms with E-state index in [0.29, 0.717) is 5.56 Å². The molecular formula is C14H16F3N3O6. The minimum atomic E-state index is -4.99. The molecule has 1 rings (SSSR count). The fourth-order valence-electron chi connectivity index (χ4n) is 1.74. The van der Waals surface area contributed by atoms with Crippen molar-refractivity contribution in [2.45, 2.75) is 12.8 Å². The van der Waals surface area contributed by atoms with Gasteiger partial charge in [-0.1, -0.05) is 0 Å². The number of nitrogens with one attached hydrogen (secondary N) is 1. The summed E-state index contributed by atoms with van der Waals surface area (Å²) in [5.74, 6) is -1.96. The second kappa shape index (κ2) is 8.87. The number of benzene rings is 1. The molecule has 0 spiro atoms. The summed E-state index contributed by atoms with van der Waals surface area (Å²) in [6, 6.07) is 3.73. The molecule has 9 nitrogen and oxygen atoms in total. The molecule has 26 heavy (non-hydrogen) atoms. The van der Waals surface area contributed by atoms with Crippen molar-refractivity contribution in [3.63, 3.8) is 0 Å². The van der Waals surface area contributed by atoms with Crippen LogP contribution in [-0.2, 0) is 16.1 Å². The van der Waals surface area contributed by atoms with Crippen LogP contribution in [0.5, 0.6) is 5.75 Å². The smallest absolute Gasteiger partial charge is 0.471 e. The molecule has 0 aliphatic rings. The molecule has 1 aromatic rings. The van der Waals surface area contributed by atoms with E-state index < -0.39 is 29.6 Å². The molecule has 0 bridgehead atoms. The van der Waals surface area contributed by atoms with Crippen molar-refractivity contribution in [1.29, 1.82) is 0 Å². The number of halogens is 3. The zero-order valence-electron chi connectivity index (χ0n) is 13.8. The maximum atomic E-state index is 12.0. The Morgan fingerprint density at radius 2 is 2.00 bits per heavy atom. The van der Waals surface area contributed by atoms with E-state index in [1.54, 1.807) is 5.32 Å². The van der Waals surface area contributed by atoms with Gasteiger partial charge in [-0.2, -0.15) is 13.2 Å². The van der Waals surface area contributed by atoms with Crippen LogP contribution in [-0.4, -0.2) is 55.2 Å². The van der Waals surface area contributed by atoms with Crippen LogP contribution in [0.2, 0.25) is 0 Å². The minimum Gasteiger partial charge on any atom is -0.496 e. The summed E-state index contributed by atoms with van der Waals surface area (Å²) in [5, 5.41) is 12.3. The first-order valence-electron chi connectivity index (χ1n) is 7.10. The Hall–Kier alpha value is -3.05. The summed E-state index contributed by atoms with van der Waals surface area (Å²) >= 11 is 0. The van der Waals surface area contributed by atoms with Crippen LogP contribution in [0.4, 0.5) is 23.7 Å². The van der Waals surface area contributed by atoms with Crippen molar-refractivity contribution in [2.24, 2.45) is 0 Å². The van der Waals surface area contributed by atoms with Gasteiger partial charge >= 0.3 is 18.2 Å². The Kier molecular flexibility index (Phi) is 7.16. The quantitative estimate of drug-likeness (QED) is 0.572. The molecule has 0 aromatic heterocycles. The highest BCUT2D eigenvalue weighted by molar-refractivity contribution is 5.81. The van der Waals surface area contributed by atoms with Gasteiger partial charge in [0.2, 0.25) is 0 Å². The highest BCUT2D eigenvalue weighted by Crippen LogP contribution is 2.25. The Labute approximate surface area is 145 Å². The third-order valence-corrected chi connectivity index (χ3v) is 3.13. The van der Waals surface area contributed by atoms with Gasteiger partial charge in [0.1, 0.15) is 12.4 Å². The van der Waals surface area contributed by atoms with E-state index in [2.05, 4.69) is 0 Å². The van der Waals surface area contributed by atoms with Gasteiger partial charge in [0, 0.05) is 31.8 Å². The van der Waals surface area contributed by atoms with Crippen LogP contribution in [0.3, 0.4) is 0 Å². The van der Waals surface area contributed by atoms with Crippen LogP contribution in [0, 0.1) is 10.1 Å². The number of carbonyl (C=O) groups excluding carboxylic acids is 2. The second-order valence-corrected chi connectivity index (χ2v) is 4.98. The van der Waals surface area contributed by atoms with Crippen LogP contribution >= 0.6 is 0 Å². The van der Waals surface area contributed by atoms with Gasteiger partial charge < -0.3 is 19.7 Å². The number of alkyl halides is 3. The van der Waals surface area contributed by atoms with E-state index in [9.17, 15) is 32.9 Å². The fourth-order valence-corrected chi connectivity index (χ4v) is 1.74. The first-order valence-corrected chi connectivity index (χ1v) is 7.10. The van der Waals surface area contributed by atoms with Gasteiger partial charge in [-0.05, 0) is 6.07 Å². The summed E-state index contributed by atoms with van der Waals surface area (Å²) < 4.78 is 46.0. The highest BCUT2D eigenvalue weighted by atomic mass is 19.4. The first kappa shape index (κ1) is 21.0. The summed E-state index contributed by atoms with van der Waals surface area (Å²) in [5.41, 5.74) is 0.166. The highest BCUT2D eigenvalue weighted by Gasteiger charge is 2.38. The number of rotatable bonds is 7. The minimum absolute atomic E-state index is 0.145. The lowest BCUT2D eigenvalue weighted by Crippen LogP contribution is -2.41. The summed E-state index contributed by atoms with van der Waals surface area (Å²) in [4.78, 5) is 33.5. The molecule has 1 N–H and O–H groups in total. The molecule has 12 heteroatoms. The van der Waals surface area contributed by atoms with E-state index in [-0.39, 0.29) is 24.6 Å². The topological polar surface area (TPSA) is 111 Å². The van der Waals surface area contributed by atoms with Crippen molar-refractivity contribution >= 4 is 17.7 Å². The molecule has 0 saturated heterocycles.